The van der Waals surface area contributed by atoms with Crippen molar-refractivity contribution in [2.24, 2.45) is 0 Å². The van der Waals surface area contributed by atoms with Gasteiger partial charge in [0.2, 0.25) is 0 Å². The lowest BCUT2D eigenvalue weighted by Crippen LogP contribution is -2.00. The monoisotopic (exact) mass is 273 g/mol. The van der Waals surface area contributed by atoms with Crippen molar-refractivity contribution in [3.8, 4) is 5.75 Å². The second-order valence-electron chi connectivity index (χ2n) is 4.81. The van der Waals surface area contributed by atoms with Crippen molar-refractivity contribution in [3.05, 3.63) is 59.4 Å². The van der Waals surface area contributed by atoms with Crippen molar-refractivity contribution in [1.82, 2.24) is 0 Å². The highest BCUT2D eigenvalue weighted by Gasteiger charge is 1.99. The molecule has 2 aromatic carbocycles. The Morgan fingerprint density at radius 1 is 1.10 bits per heavy atom. The van der Waals surface area contributed by atoms with E-state index in [1.807, 2.05) is 30.3 Å². The van der Waals surface area contributed by atoms with Gasteiger partial charge in [0.15, 0.2) is 0 Å². The van der Waals surface area contributed by atoms with E-state index in [1.54, 1.807) is 13.0 Å². The van der Waals surface area contributed by atoms with E-state index in [9.17, 15) is 4.39 Å². The Labute approximate surface area is 119 Å². The number of benzene rings is 2. The molecule has 2 aromatic rings. The average Bonchev–Trinajstić information content (AvgIpc) is 2.47. The van der Waals surface area contributed by atoms with E-state index in [1.165, 1.54) is 6.07 Å². The molecule has 2 rings (SSSR count). The zero-order chi connectivity index (χ0) is 14.4. The van der Waals surface area contributed by atoms with Gasteiger partial charge in [0.1, 0.15) is 11.6 Å². The van der Waals surface area contributed by atoms with Crippen molar-refractivity contribution < 1.29 is 9.13 Å². The topological polar surface area (TPSA) is 21.3 Å². The van der Waals surface area contributed by atoms with E-state index < -0.39 is 0 Å². The number of rotatable bonds is 6. The van der Waals surface area contributed by atoms with E-state index in [0.717, 1.165) is 30.0 Å². The first-order valence-corrected chi connectivity index (χ1v) is 6.91. The van der Waals surface area contributed by atoms with Crippen molar-refractivity contribution in [2.75, 3.05) is 11.9 Å². The maximum atomic E-state index is 13.2. The van der Waals surface area contributed by atoms with Gasteiger partial charge in [-0.3, -0.25) is 0 Å². The zero-order valence-electron chi connectivity index (χ0n) is 11.9. The van der Waals surface area contributed by atoms with Crippen LogP contribution < -0.4 is 10.1 Å². The number of ether oxygens (including phenoxy) is 1. The molecule has 0 unspecified atom stereocenters. The van der Waals surface area contributed by atoms with Crippen LogP contribution in [0.2, 0.25) is 0 Å². The third-order valence-corrected chi connectivity index (χ3v) is 3.05. The summed E-state index contributed by atoms with van der Waals surface area (Å²) in [5.41, 5.74) is 2.74. The Kier molecular flexibility index (Phi) is 4.99. The van der Waals surface area contributed by atoms with Crippen molar-refractivity contribution in [2.45, 2.75) is 26.8 Å². The quantitative estimate of drug-likeness (QED) is 0.834. The molecule has 106 valence electrons. The molecule has 20 heavy (non-hydrogen) atoms. The number of hydrogen-bond donors (Lipinski definition) is 1. The van der Waals surface area contributed by atoms with Crippen LogP contribution in [0.15, 0.2) is 42.5 Å². The molecule has 0 spiro atoms. The van der Waals surface area contributed by atoms with Gasteiger partial charge in [0.05, 0.1) is 6.61 Å². The van der Waals surface area contributed by atoms with Crippen LogP contribution in [0.3, 0.4) is 0 Å². The largest absolute Gasteiger partial charge is 0.494 e. The van der Waals surface area contributed by atoms with Crippen LogP contribution in [0, 0.1) is 12.7 Å². The Bertz CT molecular complexity index is 551. The Morgan fingerprint density at radius 3 is 2.50 bits per heavy atom. The Balaban J connectivity index is 1.91. The minimum atomic E-state index is -0.173. The lowest BCUT2D eigenvalue weighted by molar-refractivity contribution is 0.317. The Hall–Kier alpha value is -2.03. The van der Waals surface area contributed by atoms with Crippen molar-refractivity contribution in [1.29, 1.82) is 0 Å². The summed E-state index contributed by atoms with van der Waals surface area (Å²) in [7, 11) is 0. The van der Waals surface area contributed by atoms with Crippen molar-refractivity contribution in [3.63, 3.8) is 0 Å². The molecular formula is C17H20FNO. The first-order chi connectivity index (χ1) is 9.69. The summed E-state index contributed by atoms with van der Waals surface area (Å²) in [6.07, 6.45) is 1.01. The second kappa shape index (κ2) is 6.94. The van der Waals surface area contributed by atoms with Crippen molar-refractivity contribution >= 4 is 5.69 Å². The molecule has 0 bridgehead atoms. The summed E-state index contributed by atoms with van der Waals surface area (Å²) in [5.74, 6) is 0.723. The van der Waals surface area contributed by atoms with Gasteiger partial charge >= 0.3 is 0 Å². The van der Waals surface area contributed by atoms with E-state index in [4.69, 9.17) is 4.74 Å². The number of aryl methyl sites for hydroxylation is 1. The second-order valence-corrected chi connectivity index (χ2v) is 4.81. The fourth-order valence-electron chi connectivity index (χ4n) is 1.88. The molecule has 0 amide bonds. The molecule has 0 fully saturated rings. The van der Waals surface area contributed by atoms with E-state index in [2.05, 4.69) is 12.2 Å². The lowest BCUT2D eigenvalue weighted by Gasteiger charge is -2.09. The van der Waals surface area contributed by atoms with Gasteiger partial charge in [0, 0.05) is 12.2 Å². The average molecular weight is 273 g/mol. The van der Waals surface area contributed by atoms with Gasteiger partial charge < -0.3 is 10.1 Å². The molecule has 2 nitrogen and oxygen atoms in total. The first kappa shape index (κ1) is 14.4. The normalized spacial score (nSPS) is 10.3. The highest BCUT2D eigenvalue weighted by atomic mass is 19.1. The fraction of sp³-hybridized carbons (Fsp3) is 0.294. The third kappa shape index (κ3) is 3.98. The van der Waals surface area contributed by atoms with Crippen LogP contribution in [0.1, 0.15) is 24.5 Å². The Morgan fingerprint density at radius 2 is 1.85 bits per heavy atom. The highest BCUT2D eigenvalue weighted by Crippen LogP contribution is 2.16. The highest BCUT2D eigenvalue weighted by molar-refractivity contribution is 5.46. The molecule has 0 saturated heterocycles. The molecule has 1 N–H and O–H groups in total. The van der Waals surface area contributed by atoms with Gasteiger partial charge in [-0.15, -0.1) is 0 Å². The number of hydrogen-bond acceptors (Lipinski definition) is 2. The minimum Gasteiger partial charge on any atom is -0.494 e. The van der Waals surface area contributed by atoms with Gasteiger partial charge in [-0.05, 0) is 54.8 Å². The summed E-state index contributed by atoms with van der Waals surface area (Å²) < 4.78 is 18.7. The molecule has 0 atom stereocenters. The van der Waals surface area contributed by atoms with Crippen LogP contribution in [0.25, 0.3) is 0 Å². The van der Waals surface area contributed by atoms with Gasteiger partial charge in [0.25, 0.3) is 0 Å². The number of halogens is 1. The first-order valence-electron chi connectivity index (χ1n) is 6.91. The van der Waals surface area contributed by atoms with Crippen LogP contribution in [0.5, 0.6) is 5.75 Å². The number of nitrogens with one attached hydrogen (secondary N) is 1. The molecule has 3 heteroatoms. The maximum Gasteiger partial charge on any atom is 0.126 e. The molecule has 0 aliphatic rings. The van der Waals surface area contributed by atoms with Gasteiger partial charge in [-0.2, -0.15) is 0 Å². The van der Waals surface area contributed by atoms with E-state index in [-0.39, 0.29) is 5.82 Å². The third-order valence-electron chi connectivity index (χ3n) is 3.05. The molecule has 0 aliphatic heterocycles. The molecule has 0 heterocycles. The van der Waals surface area contributed by atoms with Gasteiger partial charge in [-0.25, -0.2) is 4.39 Å². The smallest absolute Gasteiger partial charge is 0.126 e. The predicted octanol–water partition coefficient (Wildman–Crippen LogP) is 4.54. The summed E-state index contributed by atoms with van der Waals surface area (Å²) in [5, 5.41) is 3.28. The maximum absolute atomic E-state index is 13.2. The number of anilines is 1. The lowest BCUT2D eigenvalue weighted by atomic mass is 10.2. The zero-order valence-corrected chi connectivity index (χ0v) is 11.9. The van der Waals surface area contributed by atoms with E-state index in [0.29, 0.717) is 12.1 Å². The van der Waals surface area contributed by atoms with Crippen LogP contribution in [-0.2, 0) is 6.54 Å². The summed E-state index contributed by atoms with van der Waals surface area (Å²) >= 11 is 0. The van der Waals surface area contributed by atoms with Gasteiger partial charge in [-0.1, -0.05) is 19.1 Å². The SMILES string of the molecule is CCCOc1ccc(CNc2ccc(F)c(C)c2)cc1. The van der Waals surface area contributed by atoms with Crippen LogP contribution in [-0.4, -0.2) is 6.61 Å². The molecule has 0 saturated carbocycles. The van der Waals surface area contributed by atoms with Crippen LogP contribution >= 0.6 is 0 Å². The molecule has 0 aliphatic carbocycles. The predicted molar refractivity (Wildman–Crippen MR) is 80.7 cm³/mol. The minimum absolute atomic E-state index is 0.173. The van der Waals surface area contributed by atoms with E-state index >= 15 is 0 Å². The summed E-state index contributed by atoms with van der Waals surface area (Å²) in [4.78, 5) is 0. The van der Waals surface area contributed by atoms with Crippen LogP contribution in [0.4, 0.5) is 10.1 Å². The fourth-order valence-corrected chi connectivity index (χ4v) is 1.88. The molecular weight excluding hydrogens is 253 g/mol. The summed E-state index contributed by atoms with van der Waals surface area (Å²) in [6.45, 7) is 5.30. The molecule has 0 radical (unpaired) electrons. The molecule has 0 aromatic heterocycles. The standard InChI is InChI=1S/C17H20FNO/c1-3-10-20-16-7-4-14(5-8-16)12-19-15-6-9-17(18)13(2)11-15/h4-9,11,19H,3,10,12H2,1-2H3. The summed E-state index contributed by atoms with van der Waals surface area (Å²) in [6, 6.07) is 13.1.